The molecule has 0 atom stereocenters. The van der Waals surface area contributed by atoms with Gasteiger partial charge in [-0.2, -0.15) is 4.98 Å². The Bertz CT molecular complexity index is 681. The number of methoxy groups -OCH3 is 1. The number of carbonyl (C=O) groups is 1. The monoisotopic (exact) mass is 294 g/mol. The summed E-state index contributed by atoms with van der Waals surface area (Å²) >= 11 is 1.20. The van der Waals surface area contributed by atoms with E-state index in [1.807, 2.05) is 4.57 Å². The predicted octanol–water partition coefficient (Wildman–Crippen LogP) is 1.52. The molecule has 2 aromatic rings. The zero-order valence-electron chi connectivity index (χ0n) is 11.2. The lowest BCUT2D eigenvalue weighted by Crippen LogP contribution is -2.14. The Hall–Kier alpha value is -1.83. The molecule has 8 heteroatoms. The van der Waals surface area contributed by atoms with Crippen LogP contribution in [0.3, 0.4) is 0 Å². The van der Waals surface area contributed by atoms with E-state index in [4.69, 9.17) is 9.84 Å². The van der Waals surface area contributed by atoms with E-state index in [9.17, 15) is 4.79 Å². The van der Waals surface area contributed by atoms with Crippen molar-refractivity contribution in [2.75, 3.05) is 12.9 Å². The van der Waals surface area contributed by atoms with Gasteiger partial charge in [0.2, 0.25) is 5.88 Å². The second kappa shape index (κ2) is 4.62. The molecule has 1 fully saturated rings. The Balaban J connectivity index is 2.14. The van der Waals surface area contributed by atoms with E-state index in [2.05, 4.69) is 21.9 Å². The van der Waals surface area contributed by atoms with Gasteiger partial charge in [0.05, 0.1) is 12.9 Å². The molecular weight excluding hydrogens is 280 g/mol. The van der Waals surface area contributed by atoms with E-state index in [0.717, 1.165) is 12.8 Å². The number of carboxylic acids is 1. The van der Waals surface area contributed by atoms with E-state index in [1.54, 1.807) is 0 Å². The summed E-state index contributed by atoms with van der Waals surface area (Å²) in [6, 6.07) is 0. The van der Waals surface area contributed by atoms with E-state index in [1.165, 1.54) is 25.2 Å². The van der Waals surface area contributed by atoms with Gasteiger partial charge in [-0.05, 0) is 19.8 Å². The molecule has 1 saturated carbocycles. The molecule has 106 valence electrons. The molecule has 7 nitrogen and oxygen atoms in total. The largest absolute Gasteiger partial charge is 0.481 e. The smallest absolute Gasteiger partial charge is 0.313 e. The van der Waals surface area contributed by atoms with Crippen LogP contribution in [0.1, 0.15) is 19.8 Å². The Labute approximate surface area is 119 Å². The molecule has 0 saturated heterocycles. The highest BCUT2D eigenvalue weighted by molar-refractivity contribution is 7.99. The van der Waals surface area contributed by atoms with Crippen LogP contribution in [0.2, 0.25) is 0 Å². The number of aliphatic carboxylic acids is 1. The van der Waals surface area contributed by atoms with Gasteiger partial charge in [-0.3, -0.25) is 9.36 Å². The molecule has 20 heavy (non-hydrogen) atoms. The summed E-state index contributed by atoms with van der Waals surface area (Å²) in [4.78, 5) is 23.6. The zero-order chi connectivity index (χ0) is 14.3. The minimum Gasteiger partial charge on any atom is -0.481 e. The second-order valence-corrected chi connectivity index (χ2v) is 5.91. The van der Waals surface area contributed by atoms with Crippen molar-refractivity contribution in [2.45, 2.75) is 30.5 Å². The fraction of sp³-hybridized carbons (Fsp3) is 0.500. The highest BCUT2D eigenvalue weighted by Gasteiger charge is 2.43. The number of carboxylic acid groups (broad SMARTS) is 1. The van der Waals surface area contributed by atoms with Gasteiger partial charge in [-0.15, -0.1) is 0 Å². The summed E-state index contributed by atoms with van der Waals surface area (Å²) in [5.41, 5.74) is 1.25. The number of fused-ring (bicyclic) bond motifs is 1. The number of thioether (sulfide) groups is 1. The van der Waals surface area contributed by atoms with Crippen molar-refractivity contribution in [3.8, 4) is 5.88 Å². The maximum atomic E-state index is 10.8. The summed E-state index contributed by atoms with van der Waals surface area (Å²) < 4.78 is 7.22. The van der Waals surface area contributed by atoms with Crippen molar-refractivity contribution in [1.29, 1.82) is 0 Å². The van der Waals surface area contributed by atoms with Crippen LogP contribution in [0.25, 0.3) is 11.2 Å². The van der Waals surface area contributed by atoms with Crippen molar-refractivity contribution in [1.82, 2.24) is 19.5 Å². The maximum absolute atomic E-state index is 10.8. The molecule has 3 rings (SSSR count). The lowest BCUT2D eigenvalue weighted by atomic mass is 10.3. The molecule has 0 radical (unpaired) electrons. The number of aromatic nitrogens is 4. The molecule has 0 aliphatic heterocycles. The highest BCUT2D eigenvalue weighted by Crippen LogP contribution is 2.47. The van der Waals surface area contributed by atoms with Gasteiger partial charge in [0.15, 0.2) is 16.3 Å². The van der Waals surface area contributed by atoms with E-state index < -0.39 is 5.97 Å². The average molecular weight is 294 g/mol. The molecule has 0 unspecified atom stereocenters. The minimum absolute atomic E-state index is 0.0326. The lowest BCUT2D eigenvalue weighted by Gasteiger charge is -2.14. The van der Waals surface area contributed by atoms with Gasteiger partial charge < -0.3 is 9.84 Å². The molecule has 1 aliphatic carbocycles. The van der Waals surface area contributed by atoms with Gasteiger partial charge in [-0.25, -0.2) is 9.97 Å². The molecule has 1 aliphatic rings. The number of ether oxygens (including phenoxy) is 1. The van der Waals surface area contributed by atoms with Crippen molar-refractivity contribution in [3.05, 3.63) is 6.33 Å². The van der Waals surface area contributed by atoms with Crippen molar-refractivity contribution >= 4 is 28.9 Å². The summed E-state index contributed by atoms with van der Waals surface area (Å²) in [5.74, 6) is -0.488. The highest BCUT2D eigenvalue weighted by atomic mass is 32.2. The first kappa shape index (κ1) is 13.2. The lowest BCUT2D eigenvalue weighted by molar-refractivity contribution is -0.133. The van der Waals surface area contributed by atoms with Crippen LogP contribution in [0.5, 0.6) is 5.88 Å². The Morgan fingerprint density at radius 3 is 2.90 bits per heavy atom. The van der Waals surface area contributed by atoms with Crippen LogP contribution in [-0.4, -0.2) is 43.5 Å². The number of hydrogen-bond acceptors (Lipinski definition) is 6. The molecule has 1 N–H and O–H groups in total. The first-order chi connectivity index (χ1) is 9.55. The Morgan fingerprint density at radius 2 is 2.30 bits per heavy atom. The first-order valence-corrected chi connectivity index (χ1v) is 7.16. The molecule has 0 spiro atoms. The van der Waals surface area contributed by atoms with Crippen LogP contribution in [0.4, 0.5) is 0 Å². The van der Waals surface area contributed by atoms with E-state index in [-0.39, 0.29) is 11.3 Å². The van der Waals surface area contributed by atoms with Crippen LogP contribution in [0.15, 0.2) is 11.5 Å². The fourth-order valence-corrected chi connectivity index (χ4v) is 2.96. The number of hydrogen-bond donors (Lipinski definition) is 1. The van der Waals surface area contributed by atoms with Crippen molar-refractivity contribution in [3.63, 3.8) is 0 Å². The standard InChI is InChI=1S/C12H14N4O3S/c1-12(3-4-12)16-9-8(10(19-2)14-6-13-9)15-11(16)20-5-7(17)18/h6H,3-5H2,1-2H3,(H,17,18). The average Bonchev–Trinajstić information content (AvgIpc) is 3.03. The molecule has 0 bridgehead atoms. The molecule has 0 aromatic carbocycles. The topological polar surface area (TPSA) is 90.1 Å². The number of rotatable bonds is 5. The summed E-state index contributed by atoms with van der Waals surface area (Å²) in [6.45, 7) is 2.12. The third-order valence-corrected chi connectivity index (χ3v) is 4.33. The van der Waals surface area contributed by atoms with Crippen LogP contribution in [0, 0.1) is 0 Å². The van der Waals surface area contributed by atoms with Gasteiger partial charge in [-0.1, -0.05) is 11.8 Å². The maximum Gasteiger partial charge on any atom is 0.313 e. The van der Waals surface area contributed by atoms with Gasteiger partial charge >= 0.3 is 5.97 Å². The van der Waals surface area contributed by atoms with Crippen molar-refractivity contribution in [2.24, 2.45) is 0 Å². The molecular formula is C12H14N4O3S. The molecule has 2 aromatic heterocycles. The third kappa shape index (κ3) is 2.09. The SMILES string of the molecule is COc1ncnc2c1nc(SCC(=O)O)n2C1(C)CC1. The zero-order valence-corrected chi connectivity index (χ0v) is 12.0. The second-order valence-electron chi connectivity index (χ2n) is 4.96. The van der Waals surface area contributed by atoms with Crippen molar-refractivity contribution < 1.29 is 14.6 Å². The Kier molecular flexibility index (Phi) is 3.04. The summed E-state index contributed by atoms with van der Waals surface area (Å²) in [7, 11) is 1.53. The quantitative estimate of drug-likeness (QED) is 0.836. The van der Waals surface area contributed by atoms with Crippen LogP contribution < -0.4 is 4.74 Å². The van der Waals surface area contributed by atoms with E-state index >= 15 is 0 Å². The summed E-state index contributed by atoms with van der Waals surface area (Å²) in [5, 5.41) is 9.50. The van der Waals surface area contributed by atoms with Crippen LogP contribution in [-0.2, 0) is 10.3 Å². The fourth-order valence-electron chi connectivity index (χ4n) is 2.12. The number of imidazole rings is 1. The normalized spacial score (nSPS) is 16.3. The Morgan fingerprint density at radius 1 is 1.55 bits per heavy atom. The van der Waals surface area contributed by atoms with Gasteiger partial charge in [0.25, 0.3) is 0 Å². The molecule has 2 heterocycles. The van der Waals surface area contributed by atoms with E-state index in [0.29, 0.717) is 22.2 Å². The first-order valence-electron chi connectivity index (χ1n) is 6.18. The van der Waals surface area contributed by atoms with Crippen LogP contribution >= 0.6 is 11.8 Å². The van der Waals surface area contributed by atoms with Gasteiger partial charge in [0.1, 0.15) is 6.33 Å². The third-order valence-electron chi connectivity index (χ3n) is 3.41. The summed E-state index contributed by atoms with van der Waals surface area (Å²) in [6.07, 6.45) is 3.51. The number of nitrogens with zero attached hydrogens (tertiary/aromatic N) is 4. The van der Waals surface area contributed by atoms with Gasteiger partial charge in [0, 0.05) is 5.54 Å². The predicted molar refractivity (Wildman–Crippen MR) is 73.1 cm³/mol. The minimum atomic E-state index is -0.868. The molecule has 0 amide bonds.